The molecule has 0 radical (unpaired) electrons. The lowest BCUT2D eigenvalue weighted by molar-refractivity contribution is -0.00834. The van der Waals surface area contributed by atoms with E-state index in [4.69, 9.17) is 9.47 Å². The number of rotatable bonds is 4. The third-order valence-corrected chi connectivity index (χ3v) is 2.78. The smallest absolute Gasteiger partial charge is 0.209 e. The second-order valence-corrected chi connectivity index (χ2v) is 5.55. The van der Waals surface area contributed by atoms with E-state index in [1.165, 1.54) is 28.7 Å². The molecule has 6 nitrogen and oxygen atoms in total. The monoisotopic (exact) mass is 275 g/mol. The van der Waals surface area contributed by atoms with Crippen LogP contribution in [0.1, 0.15) is 17.3 Å². The molecule has 0 aromatic heterocycles. The standard InChI is InChI=1S/C11H16B3NO5/c1-10(17,15-11(13,14)18)8(16)5-2-3-6-7(4-5)20-9(12)19-6/h2-4,9,15,17-18H,12-14H2,1H3/t9?,10-/m0/s1. The van der Waals surface area contributed by atoms with E-state index in [2.05, 4.69) is 5.32 Å². The molecule has 0 fully saturated rings. The van der Waals surface area contributed by atoms with Gasteiger partial charge in [0, 0.05) is 11.1 Å². The van der Waals surface area contributed by atoms with Crippen molar-refractivity contribution in [1.82, 2.24) is 5.32 Å². The first-order chi connectivity index (χ1) is 9.08. The number of hydrogen-bond acceptors (Lipinski definition) is 6. The van der Waals surface area contributed by atoms with E-state index >= 15 is 0 Å². The average Bonchev–Trinajstić information content (AvgIpc) is 2.63. The molecule has 0 amide bonds. The third-order valence-electron chi connectivity index (χ3n) is 2.78. The van der Waals surface area contributed by atoms with Crippen molar-refractivity contribution in [2.75, 3.05) is 0 Å². The molecule has 3 N–H and O–H groups in total. The molecular formula is C11H16B3NO5. The van der Waals surface area contributed by atoms with Crippen LogP contribution in [0, 0.1) is 0 Å². The van der Waals surface area contributed by atoms with Gasteiger partial charge in [-0.05, 0) is 25.1 Å². The van der Waals surface area contributed by atoms with Gasteiger partial charge in [-0.1, -0.05) is 0 Å². The van der Waals surface area contributed by atoms with Gasteiger partial charge in [-0.3, -0.25) is 10.1 Å². The molecule has 0 aliphatic carbocycles. The predicted molar refractivity (Wildman–Crippen MR) is 80.2 cm³/mol. The lowest BCUT2D eigenvalue weighted by atomic mass is 9.72. The SMILES string of the molecule is BC1Oc2ccc(C(=O)[C@](C)(O)NC(B)(B)O)cc2O1. The molecule has 1 heterocycles. The Morgan fingerprint density at radius 2 is 1.90 bits per heavy atom. The zero-order valence-corrected chi connectivity index (χ0v) is 11.9. The first-order valence-corrected chi connectivity index (χ1v) is 6.35. The molecular weight excluding hydrogens is 259 g/mol. The van der Waals surface area contributed by atoms with Crippen LogP contribution in [-0.4, -0.2) is 57.0 Å². The molecule has 20 heavy (non-hydrogen) atoms. The van der Waals surface area contributed by atoms with Crippen molar-refractivity contribution in [3.8, 4) is 11.5 Å². The fourth-order valence-electron chi connectivity index (χ4n) is 2.15. The van der Waals surface area contributed by atoms with Crippen molar-refractivity contribution in [2.45, 2.75) is 24.4 Å². The zero-order chi connectivity index (χ0) is 15.1. The van der Waals surface area contributed by atoms with Gasteiger partial charge in [-0.25, -0.2) is 0 Å². The second-order valence-electron chi connectivity index (χ2n) is 5.55. The van der Waals surface area contributed by atoms with Crippen LogP contribution in [0.25, 0.3) is 0 Å². The van der Waals surface area contributed by atoms with E-state index in [0.717, 1.165) is 0 Å². The number of carbonyl (C=O) groups excluding carboxylic acids is 1. The van der Waals surface area contributed by atoms with E-state index in [0.29, 0.717) is 11.5 Å². The molecule has 1 unspecified atom stereocenters. The summed E-state index contributed by atoms with van der Waals surface area (Å²) in [5.41, 5.74) is -3.01. The zero-order valence-electron chi connectivity index (χ0n) is 11.9. The first kappa shape index (κ1) is 15.0. The summed E-state index contributed by atoms with van der Waals surface area (Å²) in [6.45, 7) is 1.29. The molecule has 2 rings (SSSR count). The van der Waals surface area contributed by atoms with Crippen molar-refractivity contribution >= 4 is 29.3 Å². The number of nitrogens with one attached hydrogen (secondary N) is 1. The van der Waals surface area contributed by atoms with Crippen molar-refractivity contribution < 1.29 is 24.5 Å². The highest BCUT2D eigenvalue weighted by Crippen LogP contribution is 2.35. The van der Waals surface area contributed by atoms with Gasteiger partial charge in [-0.15, -0.1) is 0 Å². The summed E-state index contributed by atoms with van der Waals surface area (Å²) < 4.78 is 10.7. The van der Waals surface area contributed by atoms with E-state index in [9.17, 15) is 15.0 Å². The van der Waals surface area contributed by atoms with Gasteiger partial charge < -0.3 is 19.7 Å². The molecule has 1 aliphatic rings. The normalized spacial score (nSPS) is 20.4. The number of Topliss-reactive ketones (excluding diaryl/α,β-unsaturated/α-hetero) is 1. The van der Waals surface area contributed by atoms with Crippen LogP contribution < -0.4 is 14.8 Å². The molecule has 0 bridgehead atoms. The van der Waals surface area contributed by atoms with Gasteiger partial charge in [0.25, 0.3) is 0 Å². The van der Waals surface area contributed by atoms with Crippen LogP contribution in [0.2, 0.25) is 0 Å². The van der Waals surface area contributed by atoms with Crippen LogP contribution in [0.3, 0.4) is 0 Å². The van der Waals surface area contributed by atoms with Gasteiger partial charge in [-0.2, -0.15) is 0 Å². The minimum absolute atomic E-state index is 0.267. The number of fused-ring (bicyclic) bond motifs is 1. The van der Waals surface area contributed by atoms with E-state index < -0.39 is 23.2 Å². The Labute approximate surface area is 119 Å². The summed E-state index contributed by atoms with van der Waals surface area (Å²) in [5, 5.41) is 22.3. The largest absolute Gasteiger partial charge is 0.460 e. The molecule has 0 saturated carbocycles. The van der Waals surface area contributed by atoms with Crippen LogP contribution in [0.15, 0.2) is 18.2 Å². The van der Waals surface area contributed by atoms with Crippen LogP contribution in [0.4, 0.5) is 0 Å². The fourth-order valence-corrected chi connectivity index (χ4v) is 2.15. The quantitative estimate of drug-likeness (QED) is 0.303. The predicted octanol–water partition coefficient (Wildman–Crippen LogP) is -3.27. The Morgan fingerprint density at radius 3 is 2.50 bits per heavy atom. The molecule has 9 heteroatoms. The molecule has 2 atom stereocenters. The summed E-state index contributed by atoms with van der Waals surface area (Å²) in [6.07, 6.45) is -0.398. The minimum Gasteiger partial charge on any atom is -0.460 e. The van der Waals surface area contributed by atoms with Crippen molar-refractivity contribution in [3.05, 3.63) is 23.8 Å². The number of benzene rings is 1. The molecule has 1 aliphatic heterocycles. The Morgan fingerprint density at radius 1 is 1.30 bits per heavy atom. The number of ether oxygens (including phenoxy) is 2. The van der Waals surface area contributed by atoms with Crippen LogP contribution in [-0.2, 0) is 0 Å². The minimum atomic E-state index is -1.89. The summed E-state index contributed by atoms with van der Waals surface area (Å²) in [4.78, 5) is 12.3. The maximum atomic E-state index is 12.3. The Hall–Kier alpha value is -1.44. The number of carbonyl (C=O) groups is 1. The van der Waals surface area contributed by atoms with Gasteiger partial charge in [0.1, 0.15) is 15.7 Å². The van der Waals surface area contributed by atoms with E-state index in [1.54, 1.807) is 20.0 Å². The summed E-state index contributed by atoms with van der Waals surface area (Å²) in [5.74, 6) is 0.456. The number of aliphatic hydroxyl groups is 2. The maximum absolute atomic E-state index is 12.3. The highest BCUT2D eigenvalue weighted by Gasteiger charge is 2.36. The van der Waals surface area contributed by atoms with Gasteiger partial charge in [0.05, 0.1) is 0 Å². The van der Waals surface area contributed by atoms with Gasteiger partial charge in [0.15, 0.2) is 23.4 Å². The fraction of sp³-hybridized carbons (Fsp3) is 0.364. The summed E-state index contributed by atoms with van der Waals surface area (Å²) in [6, 6.07) is 4.68. The van der Waals surface area contributed by atoms with E-state index in [1.807, 2.05) is 0 Å². The summed E-state index contributed by atoms with van der Waals surface area (Å²) in [7, 11) is 4.62. The lowest BCUT2D eigenvalue weighted by Gasteiger charge is -2.31. The van der Waals surface area contributed by atoms with Gasteiger partial charge in [0.2, 0.25) is 13.6 Å². The molecule has 1 aromatic carbocycles. The van der Waals surface area contributed by atoms with Crippen molar-refractivity contribution in [3.63, 3.8) is 0 Å². The maximum Gasteiger partial charge on any atom is 0.209 e. The molecule has 0 saturated heterocycles. The highest BCUT2D eigenvalue weighted by atomic mass is 16.7. The highest BCUT2D eigenvalue weighted by molar-refractivity contribution is 6.38. The summed E-state index contributed by atoms with van der Waals surface area (Å²) >= 11 is 0. The Balaban J connectivity index is 2.24. The number of ketones is 1. The number of hydrogen-bond donors (Lipinski definition) is 3. The Bertz CT molecular complexity index is 543. The van der Waals surface area contributed by atoms with Crippen LogP contribution in [0.5, 0.6) is 11.5 Å². The lowest BCUT2D eigenvalue weighted by Crippen LogP contribution is -2.61. The molecule has 1 aromatic rings. The molecule has 104 valence electrons. The average molecular weight is 275 g/mol. The third kappa shape index (κ3) is 3.17. The van der Waals surface area contributed by atoms with Crippen molar-refractivity contribution in [1.29, 1.82) is 0 Å². The molecule has 0 spiro atoms. The topological polar surface area (TPSA) is 88.0 Å². The van der Waals surface area contributed by atoms with E-state index in [-0.39, 0.29) is 5.56 Å². The van der Waals surface area contributed by atoms with Gasteiger partial charge >= 0.3 is 0 Å². The Kier molecular flexibility index (Phi) is 3.62. The first-order valence-electron chi connectivity index (χ1n) is 6.35. The second kappa shape index (κ2) is 4.84. The van der Waals surface area contributed by atoms with Crippen LogP contribution >= 0.6 is 0 Å². The van der Waals surface area contributed by atoms with Crippen molar-refractivity contribution in [2.24, 2.45) is 0 Å².